The molecule has 0 aromatic carbocycles. The summed E-state index contributed by atoms with van der Waals surface area (Å²) in [5, 5.41) is 0. The second-order valence-electron chi connectivity index (χ2n) is 3.41. The number of carbonyl (C=O) groups is 1. The first-order valence-corrected chi connectivity index (χ1v) is 5.07. The molecule has 0 bridgehead atoms. The van der Waals surface area contributed by atoms with Crippen molar-refractivity contribution in [1.82, 2.24) is 0 Å². The molecule has 0 aromatic rings. The van der Waals surface area contributed by atoms with E-state index in [0.717, 1.165) is 5.92 Å². The molecule has 0 amide bonds. The van der Waals surface area contributed by atoms with Gasteiger partial charge in [0.1, 0.15) is 6.29 Å². The first kappa shape index (κ1) is 6.71. The molecule has 0 spiro atoms. The van der Waals surface area contributed by atoms with Crippen LogP contribution in [-0.2, 0) is 4.79 Å². The standard InChI is InChI=1S/C8H12OS/c9-6-8(2-3-8)7-1-4-10-5-7/h6-7H,1-5H2. The van der Waals surface area contributed by atoms with Crippen LogP contribution in [0.15, 0.2) is 0 Å². The first-order chi connectivity index (χ1) is 4.87. The van der Waals surface area contributed by atoms with Gasteiger partial charge in [0.25, 0.3) is 0 Å². The highest BCUT2D eigenvalue weighted by Gasteiger charge is 2.49. The van der Waals surface area contributed by atoms with Crippen molar-refractivity contribution in [3.63, 3.8) is 0 Å². The van der Waals surface area contributed by atoms with Crippen LogP contribution >= 0.6 is 11.8 Å². The molecule has 2 aliphatic rings. The lowest BCUT2D eigenvalue weighted by Gasteiger charge is -2.13. The number of thioether (sulfide) groups is 1. The highest BCUT2D eigenvalue weighted by Crippen LogP contribution is 2.54. The van der Waals surface area contributed by atoms with Crippen molar-refractivity contribution in [2.75, 3.05) is 11.5 Å². The number of hydrogen-bond acceptors (Lipinski definition) is 2. The van der Waals surface area contributed by atoms with Crippen molar-refractivity contribution in [2.45, 2.75) is 19.3 Å². The van der Waals surface area contributed by atoms with E-state index in [2.05, 4.69) is 0 Å². The summed E-state index contributed by atoms with van der Waals surface area (Å²) >= 11 is 2.01. The van der Waals surface area contributed by atoms with E-state index < -0.39 is 0 Å². The van der Waals surface area contributed by atoms with Gasteiger partial charge in [-0.05, 0) is 36.7 Å². The molecule has 1 atom stereocenters. The van der Waals surface area contributed by atoms with Crippen LogP contribution in [0.4, 0.5) is 0 Å². The zero-order valence-electron chi connectivity index (χ0n) is 6.01. The summed E-state index contributed by atoms with van der Waals surface area (Å²) in [4.78, 5) is 10.7. The molecule has 2 fully saturated rings. The van der Waals surface area contributed by atoms with Gasteiger partial charge >= 0.3 is 0 Å². The van der Waals surface area contributed by atoms with E-state index in [4.69, 9.17) is 0 Å². The molecule has 0 aromatic heterocycles. The predicted octanol–water partition coefficient (Wildman–Crippen LogP) is 1.72. The number of carbonyl (C=O) groups excluding carboxylic acids is 1. The minimum absolute atomic E-state index is 0.170. The molecular weight excluding hydrogens is 144 g/mol. The Morgan fingerprint density at radius 3 is 2.70 bits per heavy atom. The Balaban J connectivity index is 2.03. The summed E-state index contributed by atoms with van der Waals surface area (Å²) in [5.74, 6) is 3.24. The van der Waals surface area contributed by atoms with Crippen molar-refractivity contribution >= 4 is 18.0 Å². The molecule has 0 radical (unpaired) electrons. The van der Waals surface area contributed by atoms with Crippen LogP contribution in [0, 0.1) is 11.3 Å². The fourth-order valence-corrected chi connectivity index (χ4v) is 3.16. The van der Waals surface area contributed by atoms with Gasteiger partial charge in [0.2, 0.25) is 0 Å². The van der Waals surface area contributed by atoms with Gasteiger partial charge in [-0.15, -0.1) is 0 Å². The number of aldehydes is 1. The normalized spacial score (nSPS) is 35.8. The largest absolute Gasteiger partial charge is 0.303 e. The highest BCUT2D eigenvalue weighted by atomic mass is 32.2. The van der Waals surface area contributed by atoms with Crippen LogP contribution in [-0.4, -0.2) is 17.8 Å². The van der Waals surface area contributed by atoms with Crippen LogP contribution < -0.4 is 0 Å². The Morgan fingerprint density at radius 2 is 2.30 bits per heavy atom. The van der Waals surface area contributed by atoms with E-state index in [1.807, 2.05) is 11.8 Å². The average Bonchev–Trinajstić information content (AvgIpc) is 2.58. The molecule has 0 N–H and O–H groups in total. The molecule has 56 valence electrons. The van der Waals surface area contributed by atoms with Crippen LogP contribution in [0.1, 0.15) is 19.3 Å². The van der Waals surface area contributed by atoms with E-state index in [0.29, 0.717) is 0 Å². The van der Waals surface area contributed by atoms with E-state index >= 15 is 0 Å². The lowest BCUT2D eigenvalue weighted by molar-refractivity contribution is -0.113. The van der Waals surface area contributed by atoms with E-state index in [-0.39, 0.29) is 5.41 Å². The van der Waals surface area contributed by atoms with Crippen LogP contribution in [0.2, 0.25) is 0 Å². The Labute approximate surface area is 65.6 Å². The zero-order valence-corrected chi connectivity index (χ0v) is 6.82. The molecule has 2 heteroatoms. The lowest BCUT2D eigenvalue weighted by Crippen LogP contribution is -2.16. The third kappa shape index (κ3) is 0.895. The van der Waals surface area contributed by atoms with Gasteiger partial charge in [0.15, 0.2) is 0 Å². The smallest absolute Gasteiger partial charge is 0.126 e. The zero-order chi connectivity index (χ0) is 7.03. The minimum Gasteiger partial charge on any atom is -0.303 e. The maximum Gasteiger partial charge on any atom is 0.126 e. The van der Waals surface area contributed by atoms with Crippen molar-refractivity contribution in [3.8, 4) is 0 Å². The van der Waals surface area contributed by atoms with Crippen LogP contribution in [0.3, 0.4) is 0 Å². The van der Waals surface area contributed by atoms with Gasteiger partial charge in [-0.3, -0.25) is 0 Å². The van der Waals surface area contributed by atoms with E-state index in [1.165, 1.54) is 37.1 Å². The Bertz CT molecular complexity index is 145. The summed E-state index contributed by atoms with van der Waals surface area (Å²) in [6, 6.07) is 0. The van der Waals surface area contributed by atoms with Gasteiger partial charge in [-0.2, -0.15) is 11.8 Å². The van der Waals surface area contributed by atoms with E-state index in [9.17, 15) is 4.79 Å². The number of hydrogen-bond donors (Lipinski definition) is 0. The van der Waals surface area contributed by atoms with Gasteiger partial charge in [0.05, 0.1) is 0 Å². The Morgan fingerprint density at radius 1 is 1.50 bits per heavy atom. The van der Waals surface area contributed by atoms with Gasteiger partial charge in [0, 0.05) is 5.41 Å². The molecule has 1 nitrogen and oxygen atoms in total. The maximum atomic E-state index is 10.7. The van der Waals surface area contributed by atoms with Gasteiger partial charge in [-0.1, -0.05) is 0 Å². The molecule has 2 rings (SSSR count). The second kappa shape index (κ2) is 2.26. The van der Waals surface area contributed by atoms with Crippen LogP contribution in [0.5, 0.6) is 0 Å². The molecule has 10 heavy (non-hydrogen) atoms. The first-order valence-electron chi connectivity index (χ1n) is 3.91. The SMILES string of the molecule is O=CC1(C2CCSC2)CC1. The summed E-state index contributed by atoms with van der Waals surface area (Å²) < 4.78 is 0. The summed E-state index contributed by atoms with van der Waals surface area (Å²) in [6.45, 7) is 0. The third-order valence-corrected chi connectivity index (χ3v) is 3.97. The predicted molar refractivity (Wildman–Crippen MR) is 43.2 cm³/mol. The third-order valence-electron chi connectivity index (χ3n) is 2.80. The molecule has 1 saturated heterocycles. The fraction of sp³-hybridized carbons (Fsp3) is 0.875. The maximum absolute atomic E-state index is 10.7. The minimum atomic E-state index is 0.170. The fourth-order valence-electron chi connectivity index (χ4n) is 1.75. The topological polar surface area (TPSA) is 17.1 Å². The molecular formula is C8H12OS. The van der Waals surface area contributed by atoms with Crippen molar-refractivity contribution < 1.29 is 4.79 Å². The van der Waals surface area contributed by atoms with Gasteiger partial charge < -0.3 is 4.79 Å². The molecule has 1 aliphatic carbocycles. The molecule has 1 saturated carbocycles. The Kier molecular flexibility index (Phi) is 1.52. The van der Waals surface area contributed by atoms with Crippen molar-refractivity contribution in [1.29, 1.82) is 0 Å². The number of rotatable bonds is 2. The second-order valence-corrected chi connectivity index (χ2v) is 4.56. The quantitative estimate of drug-likeness (QED) is 0.566. The van der Waals surface area contributed by atoms with E-state index in [1.54, 1.807) is 0 Å². The summed E-state index contributed by atoms with van der Waals surface area (Å²) in [5.41, 5.74) is 0.170. The lowest BCUT2D eigenvalue weighted by atomic mass is 9.90. The molecule has 1 heterocycles. The average molecular weight is 156 g/mol. The molecule has 1 aliphatic heterocycles. The van der Waals surface area contributed by atoms with Crippen LogP contribution in [0.25, 0.3) is 0 Å². The Hall–Kier alpha value is 0.0200. The summed E-state index contributed by atoms with van der Waals surface area (Å²) in [6.07, 6.45) is 4.83. The van der Waals surface area contributed by atoms with Crippen molar-refractivity contribution in [3.05, 3.63) is 0 Å². The summed E-state index contributed by atoms with van der Waals surface area (Å²) in [7, 11) is 0. The van der Waals surface area contributed by atoms with Gasteiger partial charge in [-0.25, -0.2) is 0 Å². The molecule has 1 unspecified atom stereocenters. The van der Waals surface area contributed by atoms with Crippen molar-refractivity contribution in [2.24, 2.45) is 11.3 Å². The highest BCUT2D eigenvalue weighted by molar-refractivity contribution is 7.99. The monoisotopic (exact) mass is 156 g/mol.